The molecule has 3 nitrogen and oxygen atoms in total. The maximum Gasteiger partial charge on any atom is 0.110 e. The lowest BCUT2D eigenvalue weighted by Gasteiger charge is -2.20. The number of rotatable bonds is 3. The molecule has 84 valence electrons. The second kappa shape index (κ2) is 4.60. The third-order valence-corrected chi connectivity index (χ3v) is 4.34. The van der Waals surface area contributed by atoms with E-state index in [1.807, 2.05) is 13.1 Å². The lowest BCUT2D eigenvalue weighted by molar-refractivity contribution is 0.271. The van der Waals surface area contributed by atoms with Gasteiger partial charge in [0.15, 0.2) is 0 Å². The Morgan fingerprint density at radius 1 is 1.73 bits per heavy atom. The Morgan fingerprint density at radius 2 is 2.53 bits per heavy atom. The molecule has 0 bridgehead atoms. The van der Waals surface area contributed by atoms with Gasteiger partial charge in [0.1, 0.15) is 5.01 Å². The molecule has 0 amide bonds. The Hall–Kier alpha value is -0.450. The smallest absolute Gasteiger partial charge is 0.110 e. The molecule has 2 unspecified atom stereocenters. The highest BCUT2D eigenvalue weighted by Gasteiger charge is 2.27. The fraction of sp³-hybridized carbons (Fsp3) is 0.727. The third-order valence-electron chi connectivity index (χ3n) is 3.05. The minimum atomic E-state index is 0.118. The van der Waals surface area contributed by atoms with Crippen molar-refractivity contribution >= 4 is 11.3 Å². The van der Waals surface area contributed by atoms with Crippen LogP contribution in [-0.2, 0) is 0 Å². The largest absolute Gasteiger partial charge is 0.323 e. The van der Waals surface area contributed by atoms with Gasteiger partial charge in [0.25, 0.3) is 0 Å². The third kappa shape index (κ3) is 2.22. The maximum absolute atomic E-state index is 5.85. The highest BCUT2D eigenvalue weighted by molar-refractivity contribution is 7.11. The molecule has 1 aromatic rings. The van der Waals surface area contributed by atoms with Gasteiger partial charge in [0.05, 0.1) is 6.04 Å². The van der Waals surface area contributed by atoms with Crippen LogP contribution in [0.4, 0.5) is 0 Å². The topological polar surface area (TPSA) is 42.2 Å². The van der Waals surface area contributed by atoms with E-state index in [9.17, 15) is 0 Å². The monoisotopic (exact) mass is 225 g/mol. The van der Waals surface area contributed by atoms with E-state index in [0.717, 1.165) is 6.54 Å². The summed E-state index contributed by atoms with van der Waals surface area (Å²) in [6, 6.07) is 0.667. The van der Waals surface area contributed by atoms with Crippen molar-refractivity contribution < 1.29 is 0 Å². The van der Waals surface area contributed by atoms with E-state index in [0.29, 0.717) is 6.04 Å². The SMILES string of the molecule is CCN1CCCC1c1ncc(C(C)N)s1. The first-order chi connectivity index (χ1) is 7.22. The van der Waals surface area contributed by atoms with Crippen molar-refractivity contribution in [2.24, 2.45) is 5.73 Å². The van der Waals surface area contributed by atoms with Crippen molar-refractivity contribution in [2.75, 3.05) is 13.1 Å². The standard InChI is InChI=1S/C11H19N3S/c1-3-14-6-4-5-9(14)11-13-7-10(15-11)8(2)12/h7-9H,3-6,12H2,1-2H3. The van der Waals surface area contributed by atoms with Crippen LogP contribution in [-0.4, -0.2) is 23.0 Å². The Kier molecular flexibility index (Phi) is 3.38. The van der Waals surface area contributed by atoms with E-state index in [1.165, 1.54) is 29.3 Å². The Bertz CT molecular complexity index is 321. The van der Waals surface area contributed by atoms with E-state index in [4.69, 9.17) is 5.73 Å². The van der Waals surface area contributed by atoms with Gasteiger partial charge >= 0.3 is 0 Å². The summed E-state index contributed by atoms with van der Waals surface area (Å²) in [7, 11) is 0. The van der Waals surface area contributed by atoms with Crippen LogP contribution in [0.3, 0.4) is 0 Å². The number of nitrogens with two attached hydrogens (primary N) is 1. The average molecular weight is 225 g/mol. The molecule has 1 aliphatic heterocycles. The summed E-state index contributed by atoms with van der Waals surface area (Å²) in [5.74, 6) is 0. The fourth-order valence-corrected chi connectivity index (χ4v) is 3.19. The molecule has 1 aliphatic rings. The molecule has 2 heterocycles. The van der Waals surface area contributed by atoms with Crippen LogP contribution in [0.5, 0.6) is 0 Å². The minimum Gasteiger partial charge on any atom is -0.323 e. The van der Waals surface area contributed by atoms with Gasteiger partial charge in [-0.05, 0) is 32.9 Å². The number of aromatic nitrogens is 1. The molecule has 2 N–H and O–H groups in total. The highest BCUT2D eigenvalue weighted by atomic mass is 32.1. The first-order valence-electron chi connectivity index (χ1n) is 5.67. The van der Waals surface area contributed by atoms with Gasteiger partial charge in [-0.2, -0.15) is 0 Å². The molecule has 1 aromatic heterocycles. The number of nitrogens with zero attached hydrogens (tertiary/aromatic N) is 2. The molecule has 0 radical (unpaired) electrons. The quantitative estimate of drug-likeness (QED) is 0.858. The summed E-state index contributed by atoms with van der Waals surface area (Å²) in [5.41, 5.74) is 5.85. The maximum atomic E-state index is 5.85. The molecule has 4 heteroatoms. The summed E-state index contributed by atoms with van der Waals surface area (Å²) in [6.45, 7) is 6.58. The highest BCUT2D eigenvalue weighted by Crippen LogP contribution is 2.34. The zero-order chi connectivity index (χ0) is 10.8. The summed E-state index contributed by atoms with van der Waals surface area (Å²) in [4.78, 5) is 8.22. The predicted octanol–water partition coefficient (Wildman–Crippen LogP) is 2.32. The van der Waals surface area contributed by atoms with Crippen molar-refractivity contribution in [3.63, 3.8) is 0 Å². The molecular weight excluding hydrogens is 206 g/mol. The van der Waals surface area contributed by atoms with E-state index in [-0.39, 0.29) is 6.04 Å². The average Bonchev–Trinajstić information content (AvgIpc) is 2.85. The van der Waals surface area contributed by atoms with Crippen molar-refractivity contribution in [1.29, 1.82) is 0 Å². The van der Waals surface area contributed by atoms with Gasteiger partial charge in [-0.3, -0.25) is 4.90 Å². The van der Waals surface area contributed by atoms with E-state index in [1.54, 1.807) is 11.3 Å². The first kappa shape index (κ1) is 11.0. The van der Waals surface area contributed by atoms with Gasteiger partial charge in [0, 0.05) is 17.1 Å². The van der Waals surface area contributed by atoms with E-state index >= 15 is 0 Å². The summed E-state index contributed by atoms with van der Waals surface area (Å²) >= 11 is 1.78. The fourth-order valence-electron chi connectivity index (χ4n) is 2.15. The minimum absolute atomic E-state index is 0.118. The predicted molar refractivity (Wildman–Crippen MR) is 63.9 cm³/mol. The molecule has 1 saturated heterocycles. The summed E-state index contributed by atoms with van der Waals surface area (Å²) in [6.07, 6.45) is 4.49. The molecule has 1 fully saturated rings. The van der Waals surface area contributed by atoms with Crippen molar-refractivity contribution in [3.8, 4) is 0 Å². The van der Waals surface area contributed by atoms with E-state index < -0.39 is 0 Å². The second-order valence-corrected chi connectivity index (χ2v) is 5.27. The number of thiazole rings is 1. The number of likely N-dealkylation sites (tertiary alicyclic amines) is 1. The van der Waals surface area contributed by atoms with Gasteiger partial charge in [-0.15, -0.1) is 11.3 Å². The van der Waals surface area contributed by atoms with Crippen LogP contribution in [0, 0.1) is 0 Å². The van der Waals surface area contributed by atoms with Crippen LogP contribution in [0.25, 0.3) is 0 Å². The molecule has 2 rings (SSSR count). The molecule has 0 saturated carbocycles. The Morgan fingerprint density at radius 3 is 3.13 bits per heavy atom. The Balaban J connectivity index is 2.14. The Labute approximate surface area is 95.3 Å². The second-order valence-electron chi connectivity index (χ2n) is 4.18. The molecule has 2 atom stereocenters. The van der Waals surface area contributed by atoms with Crippen LogP contribution in [0.15, 0.2) is 6.20 Å². The zero-order valence-electron chi connectivity index (χ0n) is 9.44. The van der Waals surface area contributed by atoms with Crippen LogP contribution >= 0.6 is 11.3 Å². The molecule has 15 heavy (non-hydrogen) atoms. The van der Waals surface area contributed by atoms with Crippen LogP contribution < -0.4 is 5.73 Å². The molecule has 0 aliphatic carbocycles. The van der Waals surface area contributed by atoms with Crippen molar-refractivity contribution in [1.82, 2.24) is 9.88 Å². The van der Waals surface area contributed by atoms with Gasteiger partial charge in [-0.25, -0.2) is 4.98 Å². The first-order valence-corrected chi connectivity index (χ1v) is 6.49. The summed E-state index contributed by atoms with van der Waals surface area (Å²) < 4.78 is 0. The molecule has 0 spiro atoms. The number of hydrogen-bond acceptors (Lipinski definition) is 4. The van der Waals surface area contributed by atoms with Gasteiger partial charge < -0.3 is 5.73 Å². The van der Waals surface area contributed by atoms with Crippen molar-refractivity contribution in [3.05, 3.63) is 16.1 Å². The lowest BCUT2D eigenvalue weighted by Crippen LogP contribution is -2.22. The van der Waals surface area contributed by atoms with Gasteiger partial charge in [-0.1, -0.05) is 6.92 Å². The lowest BCUT2D eigenvalue weighted by atomic mass is 10.2. The molecule has 0 aromatic carbocycles. The molecular formula is C11H19N3S. The van der Waals surface area contributed by atoms with Crippen molar-refractivity contribution in [2.45, 2.75) is 38.8 Å². The van der Waals surface area contributed by atoms with Crippen LogP contribution in [0.2, 0.25) is 0 Å². The van der Waals surface area contributed by atoms with E-state index in [2.05, 4.69) is 16.8 Å². The zero-order valence-corrected chi connectivity index (χ0v) is 10.3. The number of hydrogen-bond donors (Lipinski definition) is 1. The normalized spacial score (nSPS) is 24.6. The van der Waals surface area contributed by atoms with Gasteiger partial charge in [0.2, 0.25) is 0 Å². The van der Waals surface area contributed by atoms with Crippen LogP contribution in [0.1, 0.15) is 48.7 Å². The summed E-state index contributed by atoms with van der Waals surface area (Å²) in [5, 5.41) is 1.25.